The molecule has 0 atom stereocenters. The van der Waals surface area contributed by atoms with Crippen LogP contribution in [-0.4, -0.2) is 32.0 Å². The first kappa shape index (κ1) is 18.5. The largest absolute Gasteiger partial charge is 0.497 e. The topological polar surface area (TPSA) is 58.6 Å². The quantitative estimate of drug-likeness (QED) is 0.843. The molecule has 0 aliphatic rings. The van der Waals surface area contributed by atoms with Crippen molar-refractivity contribution in [1.82, 2.24) is 5.32 Å². The molecule has 2 aromatic carbocycles. The number of hydrogen-bond donors (Lipinski definition) is 1. The zero-order chi connectivity index (χ0) is 18.2. The molecule has 132 valence electrons. The molecule has 0 spiro atoms. The fourth-order valence-electron chi connectivity index (χ4n) is 2.51. The average molecular weight is 340 g/mol. The van der Waals surface area contributed by atoms with Crippen LogP contribution in [0, 0.1) is 0 Å². The maximum absolute atomic E-state index is 12.2. The predicted octanol–water partition coefficient (Wildman–Crippen LogP) is 3.04. The van der Waals surface area contributed by atoms with Gasteiger partial charge in [0.05, 0.1) is 7.11 Å². The highest BCUT2D eigenvalue weighted by atomic mass is 16.5. The van der Waals surface area contributed by atoms with Crippen molar-refractivity contribution in [3.63, 3.8) is 0 Å². The number of ether oxygens (including phenoxy) is 1. The van der Waals surface area contributed by atoms with Crippen molar-refractivity contribution >= 4 is 17.5 Å². The lowest BCUT2D eigenvalue weighted by Gasteiger charge is -2.21. The summed E-state index contributed by atoms with van der Waals surface area (Å²) >= 11 is 0. The summed E-state index contributed by atoms with van der Waals surface area (Å²) < 4.78 is 5.08. The number of amides is 2. The lowest BCUT2D eigenvalue weighted by atomic mass is 10.1. The molecule has 5 heteroatoms. The van der Waals surface area contributed by atoms with E-state index in [4.69, 9.17) is 4.74 Å². The Balaban J connectivity index is 1.94. The molecule has 5 nitrogen and oxygen atoms in total. The van der Waals surface area contributed by atoms with Crippen LogP contribution < -0.4 is 15.0 Å². The fourth-order valence-corrected chi connectivity index (χ4v) is 2.51. The van der Waals surface area contributed by atoms with Crippen molar-refractivity contribution in [3.05, 3.63) is 59.7 Å². The molecule has 0 unspecified atom stereocenters. The molecule has 2 amide bonds. The number of methoxy groups -OCH3 is 1. The molecule has 0 heterocycles. The van der Waals surface area contributed by atoms with E-state index in [1.165, 1.54) is 12.5 Å². The minimum Gasteiger partial charge on any atom is -0.497 e. The number of hydrogen-bond acceptors (Lipinski definition) is 3. The molecule has 0 bridgehead atoms. The fraction of sp³-hybridized carbons (Fsp3) is 0.300. The number of rotatable bonds is 7. The van der Waals surface area contributed by atoms with Crippen molar-refractivity contribution in [2.45, 2.75) is 20.3 Å². The minimum absolute atomic E-state index is 0.0528. The third-order valence-corrected chi connectivity index (χ3v) is 4.01. The molecular formula is C20H24N2O3. The summed E-state index contributed by atoms with van der Waals surface area (Å²) in [6.07, 6.45) is 0.957. The van der Waals surface area contributed by atoms with Gasteiger partial charge in [0, 0.05) is 31.3 Å². The molecule has 0 fully saturated rings. The monoisotopic (exact) mass is 340 g/mol. The Kier molecular flexibility index (Phi) is 6.57. The first-order valence-electron chi connectivity index (χ1n) is 8.34. The molecule has 2 rings (SSSR count). The van der Waals surface area contributed by atoms with Gasteiger partial charge in [-0.25, -0.2) is 0 Å². The number of benzene rings is 2. The van der Waals surface area contributed by atoms with Crippen molar-refractivity contribution in [2.24, 2.45) is 0 Å². The standard InChI is InChI=1S/C20H24N2O3/c1-4-16-5-9-18(10-6-16)22(15(2)23)14-13-21-20(24)17-7-11-19(25-3)12-8-17/h5-12H,4,13-14H2,1-3H3,(H,21,24). The van der Waals surface area contributed by atoms with Crippen LogP contribution in [0.25, 0.3) is 0 Å². The van der Waals surface area contributed by atoms with Crippen LogP contribution in [0.3, 0.4) is 0 Å². The molecule has 0 aromatic heterocycles. The average Bonchev–Trinajstić information content (AvgIpc) is 2.65. The summed E-state index contributed by atoms with van der Waals surface area (Å²) in [7, 11) is 1.58. The second-order valence-electron chi connectivity index (χ2n) is 5.68. The second kappa shape index (κ2) is 8.87. The molecule has 0 saturated carbocycles. The maximum Gasteiger partial charge on any atom is 0.251 e. The Morgan fingerprint density at radius 3 is 2.20 bits per heavy atom. The number of anilines is 1. The lowest BCUT2D eigenvalue weighted by molar-refractivity contribution is -0.116. The van der Waals surface area contributed by atoms with Crippen LogP contribution in [0.1, 0.15) is 29.8 Å². The second-order valence-corrected chi connectivity index (χ2v) is 5.68. The van der Waals surface area contributed by atoms with Crippen molar-refractivity contribution in [3.8, 4) is 5.75 Å². The Morgan fingerprint density at radius 1 is 1.04 bits per heavy atom. The van der Waals surface area contributed by atoms with Crippen molar-refractivity contribution in [2.75, 3.05) is 25.1 Å². The van der Waals surface area contributed by atoms with E-state index in [0.717, 1.165) is 12.1 Å². The van der Waals surface area contributed by atoms with Crippen molar-refractivity contribution < 1.29 is 14.3 Å². The molecular weight excluding hydrogens is 316 g/mol. The minimum atomic E-state index is -0.174. The van der Waals surface area contributed by atoms with E-state index in [-0.39, 0.29) is 11.8 Å². The zero-order valence-corrected chi connectivity index (χ0v) is 14.9. The van der Waals surface area contributed by atoms with Gasteiger partial charge in [0.2, 0.25) is 5.91 Å². The summed E-state index contributed by atoms with van der Waals surface area (Å²) in [6.45, 7) is 4.41. The van der Waals surface area contributed by atoms with E-state index in [1.807, 2.05) is 24.3 Å². The third-order valence-electron chi connectivity index (χ3n) is 4.01. The molecule has 25 heavy (non-hydrogen) atoms. The molecule has 0 aliphatic carbocycles. The summed E-state index contributed by atoms with van der Waals surface area (Å²) in [4.78, 5) is 25.7. The maximum atomic E-state index is 12.2. The zero-order valence-electron chi connectivity index (χ0n) is 14.9. The van der Waals surface area contributed by atoms with Gasteiger partial charge in [0.1, 0.15) is 5.75 Å². The highest BCUT2D eigenvalue weighted by Crippen LogP contribution is 2.16. The molecule has 1 N–H and O–H groups in total. The van der Waals surface area contributed by atoms with E-state index >= 15 is 0 Å². The van der Waals surface area contributed by atoms with Gasteiger partial charge >= 0.3 is 0 Å². The Hall–Kier alpha value is -2.82. The van der Waals surface area contributed by atoms with Gasteiger partial charge in [-0.05, 0) is 48.4 Å². The Labute approximate surface area is 148 Å². The van der Waals surface area contributed by atoms with Gasteiger partial charge in [0.25, 0.3) is 5.91 Å². The highest BCUT2D eigenvalue weighted by molar-refractivity contribution is 5.94. The highest BCUT2D eigenvalue weighted by Gasteiger charge is 2.12. The van der Waals surface area contributed by atoms with Crippen LogP contribution in [0.15, 0.2) is 48.5 Å². The number of nitrogens with zero attached hydrogens (tertiary/aromatic N) is 1. The van der Waals surface area contributed by atoms with E-state index in [0.29, 0.717) is 24.4 Å². The molecule has 2 aromatic rings. The van der Waals surface area contributed by atoms with Gasteiger partial charge in [-0.15, -0.1) is 0 Å². The molecule has 0 aliphatic heterocycles. The van der Waals surface area contributed by atoms with Crippen LogP contribution in [-0.2, 0) is 11.2 Å². The van der Waals surface area contributed by atoms with Crippen LogP contribution >= 0.6 is 0 Å². The Morgan fingerprint density at radius 2 is 1.68 bits per heavy atom. The van der Waals surface area contributed by atoms with Gasteiger partial charge in [-0.3, -0.25) is 9.59 Å². The van der Waals surface area contributed by atoms with Crippen LogP contribution in [0.4, 0.5) is 5.69 Å². The lowest BCUT2D eigenvalue weighted by Crippen LogP contribution is -2.37. The number of nitrogens with one attached hydrogen (secondary N) is 1. The van der Waals surface area contributed by atoms with Crippen LogP contribution in [0.5, 0.6) is 5.75 Å². The SMILES string of the molecule is CCc1ccc(N(CCNC(=O)c2ccc(OC)cc2)C(C)=O)cc1. The molecule has 0 radical (unpaired) electrons. The smallest absolute Gasteiger partial charge is 0.251 e. The first-order valence-corrected chi connectivity index (χ1v) is 8.34. The third kappa shape index (κ3) is 5.08. The van der Waals surface area contributed by atoms with Crippen LogP contribution in [0.2, 0.25) is 0 Å². The summed E-state index contributed by atoms with van der Waals surface area (Å²) in [6, 6.07) is 14.8. The molecule has 0 saturated heterocycles. The number of carbonyl (C=O) groups is 2. The number of carbonyl (C=O) groups excluding carboxylic acids is 2. The van der Waals surface area contributed by atoms with Gasteiger partial charge in [-0.2, -0.15) is 0 Å². The normalized spacial score (nSPS) is 10.2. The van der Waals surface area contributed by atoms with E-state index in [1.54, 1.807) is 36.3 Å². The summed E-state index contributed by atoms with van der Waals surface area (Å²) in [5.41, 5.74) is 2.62. The van der Waals surface area contributed by atoms with Gasteiger partial charge in [-0.1, -0.05) is 19.1 Å². The summed E-state index contributed by atoms with van der Waals surface area (Å²) in [5, 5.41) is 2.84. The van der Waals surface area contributed by atoms with E-state index < -0.39 is 0 Å². The van der Waals surface area contributed by atoms with E-state index in [2.05, 4.69) is 12.2 Å². The predicted molar refractivity (Wildman–Crippen MR) is 99.2 cm³/mol. The van der Waals surface area contributed by atoms with Gasteiger partial charge < -0.3 is 15.0 Å². The summed E-state index contributed by atoms with van der Waals surface area (Å²) in [5.74, 6) is 0.477. The van der Waals surface area contributed by atoms with E-state index in [9.17, 15) is 9.59 Å². The van der Waals surface area contributed by atoms with Crippen molar-refractivity contribution in [1.29, 1.82) is 0 Å². The Bertz CT molecular complexity index is 709. The number of aryl methyl sites for hydroxylation is 1. The first-order chi connectivity index (χ1) is 12.0. The van der Waals surface area contributed by atoms with Gasteiger partial charge in [0.15, 0.2) is 0 Å².